The molecule has 0 N–H and O–H groups in total. The molecule has 2 aromatic carbocycles. The van der Waals surface area contributed by atoms with E-state index in [1.54, 1.807) is 11.8 Å². The third-order valence-corrected chi connectivity index (χ3v) is 5.10. The number of aryl methyl sites for hydroxylation is 2. The highest BCUT2D eigenvalue weighted by atomic mass is 32.2. The molecule has 1 saturated heterocycles. The first kappa shape index (κ1) is 14.4. The Balaban J connectivity index is 1.83. The van der Waals surface area contributed by atoms with Crippen molar-refractivity contribution in [2.24, 2.45) is 0 Å². The van der Waals surface area contributed by atoms with Gasteiger partial charge in [0.25, 0.3) is 0 Å². The first-order valence-electron chi connectivity index (χ1n) is 6.96. The Labute approximate surface area is 135 Å². The van der Waals surface area contributed by atoms with Crippen LogP contribution in [0.3, 0.4) is 0 Å². The summed E-state index contributed by atoms with van der Waals surface area (Å²) in [5.41, 5.74) is 4.96. The van der Waals surface area contributed by atoms with E-state index in [4.69, 9.17) is 12.2 Å². The average Bonchev–Trinajstić information content (AvgIpc) is 2.50. The fraction of sp³-hybridized carbons (Fsp3) is 0.235. The Morgan fingerprint density at radius 2 is 1.38 bits per heavy atom. The lowest BCUT2D eigenvalue weighted by Gasteiger charge is -2.38. The van der Waals surface area contributed by atoms with Crippen molar-refractivity contribution < 1.29 is 0 Å². The Bertz CT molecular complexity index is 635. The van der Waals surface area contributed by atoms with E-state index in [2.05, 4.69) is 72.2 Å². The minimum Gasteiger partial charge on any atom is -0.344 e. The van der Waals surface area contributed by atoms with Gasteiger partial charge < -0.3 is 9.80 Å². The Kier molecular flexibility index (Phi) is 4.17. The summed E-state index contributed by atoms with van der Waals surface area (Å²) in [6.45, 7) is 5.02. The lowest BCUT2D eigenvalue weighted by molar-refractivity contribution is 0.888. The van der Waals surface area contributed by atoms with Gasteiger partial charge in [-0.3, -0.25) is 0 Å². The molecule has 0 aromatic heterocycles. The number of nitrogens with zero attached hydrogens (tertiary/aromatic N) is 2. The fourth-order valence-corrected chi connectivity index (χ4v) is 3.44. The zero-order chi connectivity index (χ0) is 14.8. The molecular weight excluding hydrogens is 296 g/mol. The van der Waals surface area contributed by atoms with Gasteiger partial charge in [-0.1, -0.05) is 59.4 Å². The zero-order valence-corrected chi connectivity index (χ0v) is 13.9. The minimum atomic E-state index is 0.804. The quantitative estimate of drug-likeness (QED) is 0.749. The van der Waals surface area contributed by atoms with Crippen LogP contribution in [0.2, 0.25) is 0 Å². The van der Waals surface area contributed by atoms with Crippen molar-refractivity contribution in [1.82, 2.24) is 0 Å². The van der Waals surface area contributed by atoms with Crippen LogP contribution in [0.1, 0.15) is 11.1 Å². The highest BCUT2D eigenvalue weighted by Crippen LogP contribution is 2.29. The molecule has 2 nitrogen and oxygen atoms in total. The Morgan fingerprint density at radius 1 is 0.857 bits per heavy atom. The summed E-state index contributed by atoms with van der Waals surface area (Å²) in [6.07, 6.45) is 0. The van der Waals surface area contributed by atoms with Gasteiger partial charge in [0.1, 0.15) is 4.32 Å². The molecule has 0 atom stereocenters. The summed E-state index contributed by atoms with van der Waals surface area (Å²) in [5, 5.41) is 0. The van der Waals surface area contributed by atoms with Crippen molar-refractivity contribution in [2.45, 2.75) is 13.8 Å². The highest BCUT2D eigenvalue weighted by molar-refractivity contribution is 8.23. The van der Waals surface area contributed by atoms with E-state index in [1.165, 1.54) is 16.8 Å². The number of hydrogen-bond acceptors (Lipinski definition) is 3. The number of thiocarbonyl (C=S) groups is 1. The molecule has 0 amide bonds. The van der Waals surface area contributed by atoms with Crippen molar-refractivity contribution in [3.63, 3.8) is 0 Å². The van der Waals surface area contributed by atoms with Crippen molar-refractivity contribution in [3.05, 3.63) is 59.7 Å². The Morgan fingerprint density at radius 3 is 1.95 bits per heavy atom. The molecule has 1 aliphatic rings. The summed E-state index contributed by atoms with van der Waals surface area (Å²) in [5.74, 6) is 0.907. The van der Waals surface area contributed by atoms with Crippen LogP contribution >= 0.6 is 24.0 Å². The molecule has 0 spiro atoms. The Hall–Kier alpha value is -1.52. The second kappa shape index (κ2) is 6.08. The van der Waals surface area contributed by atoms with Crippen LogP contribution in [0.4, 0.5) is 11.4 Å². The molecule has 0 radical (unpaired) electrons. The normalized spacial score (nSPS) is 15.4. The molecule has 108 valence electrons. The molecule has 3 rings (SSSR count). The van der Waals surface area contributed by atoms with Crippen molar-refractivity contribution in [1.29, 1.82) is 0 Å². The van der Waals surface area contributed by atoms with Crippen molar-refractivity contribution >= 4 is 39.7 Å². The minimum absolute atomic E-state index is 0.804. The van der Waals surface area contributed by atoms with Gasteiger partial charge in [-0.05, 0) is 38.1 Å². The van der Waals surface area contributed by atoms with E-state index >= 15 is 0 Å². The third kappa shape index (κ3) is 3.22. The zero-order valence-electron chi connectivity index (χ0n) is 12.2. The predicted molar refractivity (Wildman–Crippen MR) is 97.2 cm³/mol. The summed E-state index contributed by atoms with van der Waals surface area (Å²) in [4.78, 5) is 4.54. The molecule has 2 aromatic rings. The number of hydrogen-bond donors (Lipinski definition) is 0. The molecule has 1 aliphatic heterocycles. The van der Waals surface area contributed by atoms with Crippen molar-refractivity contribution in [2.75, 3.05) is 22.3 Å². The van der Waals surface area contributed by atoms with E-state index in [0.29, 0.717) is 0 Å². The van der Waals surface area contributed by atoms with Gasteiger partial charge in [-0.15, -0.1) is 0 Å². The summed E-state index contributed by atoms with van der Waals surface area (Å²) in [7, 11) is 0. The molecular formula is C17H18N2S2. The highest BCUT2D eigenvalue weighted by Gasteiger charge is 2.23. The lowest BCUT2D eigenvalue weighted by atomic mass is 10.2. The lowest BCUT2D eigenvalue weighted by Crippen LogP contribution is -2.45. The molecule has 0 aliphatic carbocycles. The van der Waals surface area contributed by atoms with Crippen LogP contribution in [0.15, 0.2) is 48.5 Å². The fourth-order valence-electron chi connectivity index (χ4n) is 2.30. The average molecular weight is 314 g/mol. The van der Waals surface area contributed by atoms with Crippen LogP contribution < -0.4 is 9.80 Å². The van der Waals surface area contributed by atoms with Crippen LogP contribution in [0.5, 0.6) is 0 Å². The molecule has 4 heteroatoms. The summed E-state index contributed by atoms with van der Waals surface area (Å²) in [6, 6.07) is 17.2. The maximum Gasteiger partial charge on any atom is 0.144 e. The second-order valence-electron chi connectivity index (χ2n) is 5.32. The first-order valence-corrected chi connectivity index (χ1v) is 8.35. The van der Waals surface area contributed by atoms with Gasteiger partial charge in [0.05, 0.1) is 12.5 Å². The standard InChI is InChI=1S/C17H18N2S2/c1-13-3-7-15(8-4-13)18-11-19(17(20)21-12-18)16-9-5-14(2)6-10-16/h3-10H,11-12H2,1-2H3. The maximum absolute atomic E-state index is 5.53. The largest absolute Gasteiger partial charge is 0.344 e. The van der Waals surface area contributed by atoms with Crippen LogP contribution in [-0.2, 0) is 0 Å². The maximum atomic E-state index is 5.53. The van der Waals surface area contributed by atoms with Gasteiger partial charge in [0, 0.05) is 11.4 Å². The van der Waals surface area contributed by atoms with E-state index < -0.39 is 0 Å². The van der Waals surface area contributed by atoms with Gasteiger partial charge in [0.15, 0.2) is 0 Å². The van der Waals surface area contributed by atoms with E-state index in [9.17, 15) is 0 Å². The third-order valence-electron chi connectivity index (χ3n) is 3.62. The smallest absolute Gasteiger partial charge is 0.144 e. The molecule has 0 bridgehead atoms. The molecule has 0 unspecified atom stereocenters. The van der Waals surface area contributed by atoms with Gasteiger partial charge in [0.2, 0.25) is 0 Å². The van der Waals surface area contributed by atoms with Gasteiger partial charge in [-0.2, -0.15) is 0 Å². The van der Waals surface area contributed by atoms with Crippen LogP contribution in [-0.4, -0.2) is 16.9 Å². The summed E-state index contributed by atoms with van der Waals surface area (Å²) < 4.78 is 0.946. The number of thioether (sulfide) groups is 1. The van der Waals surface area contributed by atoms with Gasteiger partial charge >= 0.3 is 0 Å². The second-order valence-corrected chi connectivity index (χ2v) is 6.90. The predicted octanol–water partition coefficient (Wildman–Crippen LogP) is 4.56. The van der Waals surface area contributed by atoms with Gasteiger partial charge in [-0.25, -0.2) is 0 Å². The van der Waals surface area contributed by atoms with E-state index in [0.717, 1.165) is 22.6 Å². The molecule has 1 heterocycles. The first-order chi connectivity index (χ1) is 10.1. The number of anilines is 2. The molecule has 21 heavy (non-hydrogen) atoms. The molecule has 1 fully saturated rings. The van der Waals surface area contributed by atoms with E-state index in [-0.39, 0.29) is 0 Å². The summed E-state index contributed by atoms with van der Waals surface area (Å²) >= 11 is 7.24. The molecule has 0 saturated carbocycles. The number of benzene rings is 2. The number of rotatable bonds is 2. The topological polar surface area (TPSA) is 6.48 Å². The van der Waals surface area contributed by atoms with Crippen LogP contribution in [0.25, 0.3) is 0 Å². The van der Waals surface area contributed by atoms with E-state index in [1.807, 2.05) is 0 Å². The SMILES string of the molecule is Cc1ccc(N2CSC(=S)N(c3ccc(C)cc3)C2)cc1. The van der Waals surface area contributed by atoms with Crippen molar-refractivity contribution in [3.8, 4) is 0 Å². The monoisotopic (exact) mass is 314 g/mol. The van der Waals surface area contributed by atoms with Crippen LogP contribution in [0, 0.1) is 13.8 Å².